The molecule has 132 valence electrons. The summed E-state index contributed by atoms with van der Waals surface area (Å²) in [4.78, 5) is 10.9. The molecule has 0 aromatic carbocycles. The molecule has 2 heteroatoms. The summed E-state index contributed by atoms with van der Waals surface area (Å²) in [7, 11) is 1.46. The minimum atomic E-state index is -0.0796. The van der Waals surface area contributed by atoms with Crippen molar-refractivity contribution < 1.29 is 9.53 Å². The van der Waals surface area contributed by atoms with Crippen LogP contribution in [0.1, 0.15) is 84.0 Å². The van der Waals surface area contributed by atoms with Crippen molar-refractivity contribution in [3.8, 4) is 0 Å². The zero-order chi connectivity index (χ0) is 17.0. The van der Waals surface area contributed by atoms with E-state index in [9.17, 15) is 4.79 Å². The number of carbonyl (C=O) groups excluding carboxylic acids is 1. The molecule has 2 nitrogen and oxygen atoms in total. The topological polar surface area (TPSA) is 26.3 Å². The number of carbonyl (C=O) groups is 1. The van der Waals surface area contributed by atoms with Crippen LogP contribution >= 0.6 is 0 Å². The van der Waals surface area contributed by atoms with Crippen LogP contribution in [0.5, 0.6) is 0 Å². The molecule has 0 aliphatic carbocycles. The predicted molar refractivity (Wildman–Crippen MR) is 101 cm³/mol. The van der Waals surface area contributed by atoms with Crippen LogP contribution in [0.15, 0.2) is 36.5 Å². The molecule has 0 aliphatic rings. The van der Waals surface area contributed by atoms with Crippen LogP contribution in [0, 0.1) is 0 Å². The van der Waals surface area contributed by atoms with Gasteiger partial charge in [-0.25, -0.2) is 0 Å². The van der Waals surface area contributed by atoms with Crippen LogP contribution in [-0.4, -0.2) is 13.1 Å². The molecule has 0 saturated heterocycles. The highest BCUT2D eigenvalue weighted by molar-refractivity contribution is 5.68. The Morgan fingerprint density at radius 2 is 1.26 bits per heavy atom. The van der Waals surface area contributed by atoms with Crippen molar-refractivity contribution >= 4 is 5.97 Å². The first-order valence-corrected chi connectivity index (χ1v) is 9.33. The molecule has 0 saturated carbocycles. The molecule has 0 unspecified atom stereocenters. The zero-order valence-electron chi connectivity index (χ0n) is 15.3. The minimum Gasteiger partial charge on any atom is -0.469 e. The van der Waals surface area contributed by atoms with Gasteiger partial charge in [-0.3, -0.25) is 4.79 Å². The summed E-state index contributed by atoms with van der Waals surface area (Å²) in [6.45, 7) is 2.16. The average Bonchev–Trinajstić information content (AvgIpc) is 2.57. The Balaban J connectivity index is 3.22. The summed E-state index contributed by atoms with van der Waals surface area (Å²) in [6, 6.07) is 0. The second kappa shape index (κ2) is 18.7. The van der Waals surface area contributed by atoms with Crippen molar-refractivity contribution in [3.05, 3.63) is 36.5 Å². The molecule has 0 heterocycles. The molecule has 0 fully saturated rings. The molecule has 0 aromatic heterocycles. The van der Waals surface area contributed by atoms with E-state index in [2.05, 4.69) is 48.1 Å². The molecular formula is C21H36O2. The van der Waals surface area contributed by atoms with Crippen molar-refractivity contribution in [2.75, 3.05) is 7.11 Å². The van der Waals surface area contributed by atoms with E-state index in [0.717, 1.165) is 32.1 Å². The van der Waals surface area contributed by atoms with Crippen molar-refractivity contribution in [3.63, 3.8) is 0 Å². The average molecular weight is 321 g/mol. The van der Waals surface area contributed by atoms with Gasteiger partial charge in [0.15, 0.2) is 0 Å². The van der Waals surface area contributed by atoms with Crippen molar-refractivity contribution in [1.82, 2.24) is 0 Å². The van der Waals surface area contributed by atoms with E-state index in [1.54, 1.807) is 0 Å². The highest BCUT2D eigenvalue weighted by Crippen LogP contribution is 2.10. The third kappa shape index (κ3) is 18.6. The van der Waals surface area contributed by atoms with Crippen LogP contribution in [0.2, 0.25) is 0 Å². The largest absolute Gasteiger partial charge is 0.469 e. The predicted octanol–water partition coefficient (Wildman–Crippen LogP) is 6.53. The van der Waals surface area contributed by atoms with E-state index in [1.807, 2.05) is 0 Å². The smallest absolute Gasteiger partial charge is 0.305 e. The fraction of sp³-hybridized carbons (Fsp3) is 0.667. The standard InChI is InChI=1S/C21H36O2/c1-3-4-5-6-7-8-9-10-11-12-13-14-15-16-17-18-19-20-21(22)23-2/h4-5,7-8,10-11H,3,6,9,12-20H2,1-2H3/b5-4+,8-7-,11-10-. The normalized spacial score (nSPS) is 11.9. The van der Waals surface area contributed by atoms with Gasteiger partial charge in [-0.1, -0.05) is 75.5 Å². The molecule has 0 aromatic rings. The van der Waals surface area contributed by atoms with Crippen LogP contribution < -0.4 is 0 Å². The van der Waals surface area contributed by atoms with Crippen LogP contribution in [0.3, 0.4) is 0 Å². The second-order valence-corrected chi connectivity index (χ2v) is 5.88. The van der Waals surface area contributed by atoms with E-state index < -0.39 is 0 Å². The molecule has 0 amide bonds. The fourth-order valence-corrected chi connectivity index (χ4v) is 2.34. The lowest BCUT2D eigenvalue weighted by molar-refractivity contribution is -0.140. The van der Waals surface area contributed by atoms with Gasteiger partial charge in [-0.05, 0) is 38.5 Å². The number of unbranched alkanes of at least 4 members (excludes halogenated alkanes) is 7. The van der Waals surface area contributed by atoms with Gasteiger partial charge in [-0.2, -0.15) is 0 Å². The van der Waals surface area contributed by atoms with Gasteiger partial charge in [0.05, 0.1) is 7.11 Å². The first-order chi connectivity index (χ1) is 11.3. The number of methoxy groups -OCH3 is 1. The van der Waals surface area contributed by atoms with Crippen LogP contribution in [-0.2, 0) is 9.53 Å². The second-order valence-electron chi connectivity index (χ2n) is 5.88. The van der Waals surface area contributed by atoms with Crippen LogP contribution in [0.4, 0.5) is 0 Å². The van der Waals surface area contributed by atoms with Gasteiger partial charge < -0.3 is 4.74 Å². The Hall–Kier alpha value is -1.31. The van der Waals surface area contributed by atoms with Crippen molar-refractivity contribution in [1.29, 1.82) is 0 Å². The summed E-state index contributed by atoms with van der Waals surface area (Å²) in [5.74, 6) is -0.0796. The number of allylic oxidation sites excluding steroid dienone is 6. The molecule has 0 N–H and O–H groups in total. The third-order valence-corrected chi connectivity index (χ3v) is 3.76. The lowest BCUT2D eigenvalue weighted by Crippen LogP contribution is -1.99. The molecule has 23 heavy (non-hydrogen) atoms. The van der Waals surface area contributed by atoms with Gasteiger partial charge in [0.25, 0.3) is 0 Å². The molecular weight excluding hydrogens is 284 g/mol. The van der Waals surface area contributed by atoms with E-state index in [4.69, 9.17) is 0 Å². The van der Waals surface area contributed by atoms with Crippen molar-refractivity contribution in [2.24, 2.45) is 0 Å². The first kappa shape index (κ1) is 21.7. The van der Waals surface area contributed by atoms with Gasteiger partial charge in [0.1, 0.15) is 0 Å². The SMILES string of the molecule is CC/C=C/C/C=C\C/C=C\CCCCCCCCCC(=O)OC. The Morgan fingerprint density at radius 3 is 1.87 bits per heavy atom. The van der Waals surface area contributed by atoms with E-state index in [1.165, 1.54) is 45.6 Å². The Kier molecular flexibility index (Phi) is 17.7. The van der Waals surface area contributed by atoms with Gasteiger partial charge in [0.2, 0.25) is 0 Å². The van der Waals surface area contributed by atoms with E-state index >= 15 is 0 Å². The van der Waals surface area contributed by atoms with Crippen LogP contribution in [0.25, 0.3) is 0 Å². The molecule has 0 spiro atoms. The number of hydrogen-bond donors (Lipinski definition) is 0. The Bertz CT molecular complexity index is 340. The quantitative estimate of drug-likeness (QED) is 0.195. The highest BCUT2D eigenvalue weighted by atomic mass is 16.5. The van der Waals surface area contributed by atoms with Crippen molar-refractivity contribution in [2.45, 2.75) is 84.0 Å². The fourth-order valence-electron chi connectivity index (χ4n) is 2.34. The number of hydrogen-bond acceptors (Lipinski definition) is 2. The number of rotatable bonds is 15. The summed E-state index contributed by atoms with van der Waals surface area (Å²) < 4.78 is 4.63. The maximum absolute atomic E-state index is 10.9. The van der Waals surface area contributed by atoms with E-state index in [0.29, 0.717) is 6.42 Å². The van der Waals surface area contributed by atoms with Gasteiger partial charge in [-0.15, -0.1) is 0 Å². The molecule has 0 rings (SSSR count). The zero-order valence-corrected chi connectivity index (χ0v) is 15.3. The lowest BCUT2D eigenvalue weighted by atomic mass is 10.1. The monoisotopic (exact) mass is 320 g/mol. The minimum absolute atomic E-state index is 0.0796. The van der Waals surface area contributed by atoms with Gasteiger partial charge in [0, 0.05) is 6.42 Å². The molecule has 0 aliphatic heterocycles. The summed E-state index contributed by atoms with van der Waals surface area (Å²) in [5.41, 5.74) is 0. The highest BCUT2D eigenvalue weighted by Gasteiger charge is 1.98. The maximum atomic E-state index is 10.9. The van der Waals surface area contributed by atoms with E-state index in [-0.39, 0.29) is 5.97 Å². The number of esters is 1. The molecule has 0 bridgehead atoms. The summed E-state index contributed by atoms with van der Waals surface area (Å²) >= 11 is 0. The third-order valence-electron chi connectivity index (χ3n) is 3.76. The Labute approximate surface area is 143 Å². The maximum Gasteiger partial charge on any atom is 0.305 e. The molecule has 0 radical (unpaired) electrons. The number of ether oxygens (including phenoxy) is 1. The summed E-state index contributed by atoms with van der Waals surface area (Å²) in [6.07, 6.45) is 27.1. The first-order valence-electron chi connectivity index (χ1n) is 9.33. The summed E-state index contributed by atoms with van der Waals surface area (Å²) in [5, 5.41) is 0. The molecule has 0 atom stereocenters. The lowest BCUT2D eigenvalue weighted by Gasteiger charge is -2.01. The Morgan fingerprint density at radius 1 is 0.739 bits per heavy atom. The van der Waals surface area contributed by atoms with Gasteiger partial charge >= 0.3 is 5.97 Å².